The van der Waals surface area contributed by atoms with Crippen molar-refractivity contribution in [1.82, 2.24) is 0 Å². The summed E-state index contributed by atoms with van der Waals surface area (Å²) in [7, 11) is 1.59. The Morgan fingerprint density at radius 3 is 2.71 bits per heavy atom. The minimum absolute atomic E-state index is 0.151. The van der Waals surface area contributed by atoms with E-state index in [4.69, 9.17) is 23.4 Å². The molecule has 0 saturated heterocycles. The summed E-state index contributed by atoms with van der Waals surface area (Å²) in [6.45, 7) is 0.430. The fourth-order valence-electron chi connectivity index (χ4n) is 2.75. The van der Waals surface area contributed by atoms with Crippen LogP contribution in [0.3, 0.4) is 0 Å². The van der Waals surface area contributed by atoms with Gasteiger partial charge in [-0.15, -0.1) is 0 Å². The number of para-hydroxylation sites is 2. The summed E-state index contributed by atoms with van der Waals surface area (Å²) in [5.74, 6) is 3.56. The number of methoxy groups -OCH3 is 1. The number of ether oxygens (including phenoxy) is 4. The lowest BCUT2D eigenvalue weighted by atomic mass is 10.1. The molecule has 0 unspecified atom stereocenters. The van der Waals surface area contributed by atoms with Gasteiger partial charge in [0.1, 0.15) is 18.1 Å². The number of carbonyl (C=O) groups excluding carboxylic acids is 1. The van der Waals surface area contributed by atoms with E-state index in [1.807, 2.05) is 24.3 Å². The topological polar surface area (TPSA) is 67.1 Å². The van der Waals surface area contributed by atoms with E-state index in [9.17, 15) is 4.79 Å². The Balaban J connectivity index is 1.38. The highest BCUT2D eigenvalue weighted by atomic mass is 16.7. The highest BCUT2D eigenvalue weighted by molar-refractivity contribution is 6.07. The van der Waals surface area contributed by atoms with Crippen LogP contribution in [-0.2, 0) is 6.61 Å². The summed E-state index contributed by atoms with van der Waals surface area (Å²) in [6.07, 6.45) is 3.08. The molecule has 2 heterocycles. The molecule has 142 valence electrons. The van der Waals surface area contributed by atoms with Gasteiger partial charge in [0.15, 0.2) is 28.8 Å². The molecular formula is C22H18O6. The first-order valence-corrected chi connectivity index (χ1v) is 8.69. The zero-order valence-corrected chi connectivity index (χ0v) is 15.2. The van der Waals surface area contributed by atoms with E-state index in [2.05, 4.69) is 0 Å². The molecule has 3 aromatic rings. The van der Waals surface area contributed by atoms with Crippen molar-refractivity contribution in [2.24, 2.45) is 0 Å². The lowest BCUT2D eigenvalue weighted by molar-refractivity contribution is 0.104. The number of hydrogen-bond donors (Lipinski definition) is 0. The van der Waals surface area contributed by atoms with Gasteiger partial charge in [-0.1, -0.05) is 12.1 Å². The Morgan fingerprint density at radius 1 is 1.04 bits per heavy atom. The van der Waals surface area contributed by atoms with Crippen LogP contribution >= 0.6 is 0 Å². The van der Waals surface area contributed by atoms with Crippen LogP contribution in [0.4, 0.5) is 0 Å². The average Bonchev–Trinajstić information content (AvgIpc) is 3.39. The second kappa shape index (κ2) is 7.92. The summed E-state index contributed by atoms with van der Waals surface area (Å²) in [6, 6.07) is 16.1. The molecular weight excluding hydrogens is 360 g/mol. The van der Waals surface area contributed by atoms with Gasteiger partial charge in [-0.2, -0.15) is 0 Å². The number of furan rings is 1. The maximum atomic E-state index is 12.3. The number of ketones is 1. The maximum Gasteiger partial charge on any atom is 0.231 e. The van der Waals surface area contributed by atoms with Crippen molar-refractivity contribution in [3.8, 4) is 23.0 Å². The fraction of sp³-hybridized carbons (Fsp3) is 0.136. The number of rotatable bonds is 7. The lowest BCUT2D eigenvalue weighted by Crippen LogP contribution is -1.96. The van der Waals surface area contributed by atoms with Gasteiger partial charge in [-0.25, -0.2) is 0 Å². The van der Waals surface area contributed by atoms with Crippen LogP contribution in [0.25, 0.3) is 6.08 Å². The van der Waals surface area contributed by atoms with E-state index in [1.54, 1.807) is 43.5 Å². The molecule has 2 aromatic carbocycles. The van der Waals surface area contributed by atoms with Crippen molar-refractivity contribution in [3.63, 3.8) is 0 Å². The Kier molecular flexibility index (Phi) is 5.01. The van der Waals surface area contributed by atoms with Gasteiger partial charge in [0, 0.05) is 5.56 Å². The zero-order chi connectivity index (χ0) is 19.3. The van der Waals surface area contributed by atoms with Crippen LogP contribution in [0.15, 0.2) is 65.1 Å². The largest absolute Gasteiger partial charge is 0.493 e. The summed E-state index contributed by atoms with van der Waals surface area (Å²) in [4.78, 5) is 12.3. The second-order valence-corrected chi connectivity index (χ2v) is 6.01. The van der Waals surface area contributed by atoms with E-state index >= 15 is 0 Å². The van der Waals surface area contributed by atoms with E-state index in [1.165, 1.54) is 6.08 Å². The van der Waals surface area contributed by atoms with Gasteiger partial charge in [-0.3, -0.25) is 4.79 Å². The third kappa shape index (κ3) is 3.86. The molecule has 6 nitrogen and oxygen atoms in total. The molecule has 1 aliphatic heterocycles. The molecule has 4 rings (SSSR count). The van der Waals surface area contributed by atoms with Gasteiger partial charge in [0.05, 0.1) is 7.11 Å². The quantitative estimate of drug-likeness (QED) is 0.446. The van der Waals surface area contributed by atoms with E-state index in [-0.39, 0.29) is 19.2 Å². The summed E-state index contributed by atoms with van der Waals surface area (Å²) in [5.41, 5.74) is 0.520. The molecule has 0 radical (unpaired) electrons. The highest BCUT2D eigenvalue weighted by Crippen LogP contribution is 2.32. The Bertz CT molecular complexity index is 1020. The minimum atomic E-state index is -0.151. The predicted molar refractivity (Wildman–Crippen MR) is 102 cm³/mol. The first-order valence-electron chi connectivity index (χ1n) is 8.69. The molecule has 0 aliphatic carbocycles. The Labute approximate surface area is 161 Å². The number of hydrogen-bond acceptors (Lipinski definition) is 6. The molecule has 6 heteroatoms. The molecule has 1 aliphatic rings. The van der Waals surface area contributed by atoms with Crippen molar-refractivity contribution >= 4 is 11.9 Å². The second-order valence-electron chi connectivity index (χ2n) is 6.01. The molecule has 0 amide bonds. The van der Waals surface area contributed by atoms with Crippen LogP contribution in [0.2, 0.25) is 0 Å². The van der Waals surface area contributed by atoms with Gasteiger partial charge in [-0.05, 0) is 54.6 Å². The van der Waals surface area contributed by atoms with Crippen LogP contribution in [-0.4, -0.2) is 19.7 Å². The Hall–Kier alpha value is -3.67. The van der Waals surface area contributed by atoms with Gasteiger partial charge in [0.25, 0.3) is 0 Å². The monoisotopic (exact) mass is 378 g/mol. The summed E-state index contributed by atoms with van der Waals surface area (Å²) < 4.78 is 27.2. The minimum Gasteiger partial charge on any atom is -0.493 e. The van der Waals surface area contributed by atoms with Crippen molar-refractivity contribution < 1.29 is 28.2 Å². The molecule has 0 spiro atoms. The van der Waals surface area contributed by atoms with Crippen molar-refractivity contribution in [1.29, 1.82) is 0 Å². The van der Waals surface area contributed by atoms with Crippen LogP contribution in [0.5, 0.6) is 23.0 Å². The van der Waals surface area contributed by atoms with Crippen molar-refractivity contribution in [3.05, 3.63) is 77.8 Å². The molecule has 0 atom stereocenters. The van der Waals surface area contributed by atoms with Crippen LogP contribution in [0, 0.1) is 0 Å². The first kappa shape index (κ1) is 17.7. The molecule has 1 aromatic heterocycles. The van der Waals surface area contributed by atoms with E-state index in [0.29, 0.717) is 40.1 Å². The van der Waals surface area contributed by atoms with Crippen LogP contribution in [0.1, 0.15) is 21.9 Å². The SMILES string of the molecule is COc1ccccc1OCc1ccc(/C=C/C(=O)c2ccc3c(c2)OCO3)o1. The normalized spacial score (nSPS) is 12.3. The van der Waals surface area contributed by atoms with Crippen molar-refractivity contribution in [2.75, 3.05) is 13.9 Å². The van der Waals surface area contributed by atoms with E-state index < -0.39 is 0 Å². The van der Waals surface area contributed by atoms with Crippen molar-refractivity contribution in [2.45, 2.75) is 6.61 Å². The first-order chi connectivity index (χ1) is 13.7. The number of benzene rings is 2. The fourth-order valence-corrected chi connectivity index (χ4v) is 2.75. The smallest absolute Gasteiger partial charge is 0.231 e. The molecule has 0 saturated carbocycles. The average molecular weight is 378 g/mol. The Morgan fingerprint density at radius 2 is 1.86 bits per heavy atom. The molecule has 0 fully saturated rings. The van der Waals surface area contributed by atoms with Crippen LogP contribution < -0.4 is 18.9 Å². The highest BCUT2D eigenvalue weighted by Gasteiger charge is 2.15. The lowest BCUT2D eigenvalue weighted by Gasteiger charge is -2.08. The summed E-state index contributed by atoms with van der Waals surface area (Å²) in [5, 5.41) is 0. The maximum absolute atomic E-state index is 12.3. The van der Waals surface area contributed by atoms with Gasteiger partial charge in [0.2, 0.25) is 6.79 Å². The number of fused-ring (bicyclic) bond motifs is 1. The third-order valence-corrected chi connectivity index (χ3v) is 4.18. The predicted octanol–water partition coefficient (Wildman–Crippen LogP) is 4.49. The standard InChI is InChI=1S/C22H18O6/c1-24-19-4-2-3-5-20(19)25-13-17-8-7-16(28-17)9-10-18(23)15-6-11-21-22(12-15)27-14-26-21/h2-12H,13-14H2,1H3/b10-9+. The third-order valence-electron chi connectivity index (χ3n) is 4.18. The van der Waals surface area contributed by atoms with E-state index in [0.717, 1.165) is 0 Å². The molecule has 0 N–H and O–H groups in total. The zero-order valence-electron chi connectivity index (χ0n) is 15.2. The molecule has 28 heavy (non-hydrogen) atoms. The summed E-state index contributed by atoms with van der Waals surface area (Å²) >= 11 is 0. The number of allylic oxidation sites excluding steroid dienone is 1. The van der Waals surface area contributed by atoms with Gasteiger partial charge < -0.3 is 23.4 Å². The number of carbonyl (C=O) groups is 1. The molecule has 0 bridgehead atoms. The van der Waals surface area contributed by atoms with Gasteiger partial charge >= 0.3 is 0 Å².